The predicted octanol–water partition coefficient (Wildman–Crippen LogP) is 2.16. The predicted molar refractivity (Wildman–Crippen MR) is 78.4 cm³/mol. The summed E-state index contributed by atoms with van der Waals surface area (Å²) in [5, 5.41) is 12.2. The molecule has 1 aromatic rings. The lowest BCUT2D eigenvalue weighted by Gasteiger charge is -2.39. The van der Waals surface area contributed by atoms with Crippen molar-refractivity contribution < 1.29 is 4.79 Å². The van der Waals surface area contributed by atoms with E-state index >= 15 is 0 Å². The van der Waals surface area contributed by atoms with Crippen LogP contribution in [0.25, 0.3) is 0 Å². The summed E-state index contributed by atoms with van der Waals surface area (Å²) in [7, 11) is 0. The Hall–Kier alpha value is -1.86. The van der Waals surface area contributed by atoms with Crippen molar-refractivity contribution in [2.24, 2.45) is 0 Å². The molecule has 0 bridgehead atoms. The van der Waals surface area contributed by atoms with Crippen LogP contribution >= 0.6 is 0 Å². The number of rotatable bonds is 3. The molecule has 0 aliphatic carbocycles. The maximum absolute atomic E-state index is 12.4. The van der Waals surface area contributed by atoms with E-state index < -0.39 is 0 Å². The third-order valence-corrected chi connectivity index (χ3v) is 4.11. The summed E-state index contributed by atoms with van der Waals surface area (Å²) >= 11 is 0. The van der Waals surface area contributed by atoms with Crippen LogP contribution in [-0.4, -0.2) is 36.0 Å². The lowest BCUT2D eigenvalue weighted by atomic mass is 9.89. The van der Waals surface area contributed by atoms with E-state index in [0.717, 1.165) is 32.5 Å². The molecular formula is C16H21N3O. The quantitative estimate of drug-likeness (QED) is 0.916. The highest BCUT2D eigenvalue weighted by Gasteiger charge is 2.31. The maximum Gasteiger partial charge on any atom is 0.253 e. The summed E-state index contributed by atoms with van der Waals surface area (Å²) in [5.41, 5.74) is 0.722. The Morgan fingerprint density at radius 2 is 2.05 bits per heavy atom. The number of hydrogen-bond acceptors (Lipinski definition) is 3. The first-order chi connectivity index (χ1) is 9.58. The molecule has 0 spiro atoms. The van der Waals surface area contributed by atoms with E-state index in [1.165, 1.54) is 0 Å². The molecule has 20 heavy (non-hydrogen) atoms. The Kier molecular flexibility index (Phi) is 4.41. The largest absolute Gasteiger partial charge is 0.347 e. The van der Waals surface area contributed by atoms with Crippen LogP contribution in [0.1, 0.15) is 42.6 Å². The van der Waals surface area contributed by atoms with Crippen LogP contribution in [0.5, 0.6) is 0 Å². The average Bonchev–Trinajstić information content (AvgIpc) is 2.47. The van der Waals surface area contributed by atoms with Gasteiger partial charge in [-0.1, -0.05) is 19.1 Å². The number of nitriles is 1. The minimum absolute atomic E-state index is 0.144. The van der Waals surface area contributed by atoms with E-state index in [4.69, 9.17) is 5.26 Å². The van der Waals surface area contributed by atoms with Crippen LogP contribution < -0.4 is 5.32 Å². The summed E-state index contributed by atoms with van der Waals surface area (Å²) < 4.78 is 0. The maximum atomic E-state index is 12.4. The first-order valence-corrected chi connectivity index (χ1v) is 7.12. The van der Waals surface area contributed by atoms with E-state index in [9.17, 15) is 4.79 Å². The molecule has 1 saturated heterocycles. The fourth-order valence-electron chi connectivity index (χ4n) is 2.61. The molecule has 0 saturated carbocycles. The Morgan fingerprint density at radius 1 is 1.40 bits per heavy atom. The number of carbonyl (C=O) groups is 1. The van der Waals surface area contributed by atoms with Gasteiger partial charge in [-0.3, -0.25) is 4.79 Å². The van der Waals surface area contributed by atoms with Crippen molar-refractivity contribution >= 4 is 5.91 Å². The highest BCUT2D eigenvalue weighted by atomic mass is 16.1. The molecule has 1 aliphatic rings. The van der Waals surface area contributed by atoms with Gasteiger partial charge < -0.3 is 10.2 Å². The minimum atomic E-state index is -0.175. The molecule has 1 aliphatic heterocycles. The van der Waals surface area contributed by atoms with Crippen molar-refractivity contribution in [2.75, 3.05) is 19.6 Å². The number of carbonyl (C=O) groups excluding carboxylic acids is 1. The molecule has 1 N–H and O–H groups in total. The molecule has 4 nitrogen and oxygen atoms in total. The molecule has 2 rings (SSSR count). The fourth-order valence-corrected chi connectivity index (χ4v) is 2.61. The zero-order valence-corrected chi connectivity index (χ0v) is 12.1. The van der Waals surface area contributed by atoms with Gasteiger partial charge in [0.2, 0.25) is 0 Å². The number of nitrogens with one attached hydrogen (secondary N) is 1. The van der Waals surface area contributed by atoms with Gasteiger partial charge in [0.25, 0.3) is 5.91 Å². The highest BCUT2D eigenvalue weighted by Crippen LogP contribution is 2.22. The molecule has 0 unspecified atom stereocenters. The van der Waals surface area contributed by atoms with E-state index in [0.29, 0.717) is 11.1 Å². The smallest absolute Gasteiger partial charge is 0.253 e. The van der Waals surface area contributed by atoms with Gasteiger partial charge in [0.05, 0.1) is 17.2 Å². The second-order valence-electron chi connectivity index (χ2n) is 5.61. The Labute approximate surface area is 120 Å². The monoisotopic (exact) mass is 271 g/mol. The number of piperidine rings is 1. The van der Waals surface area contributed by atoms with Crippen LogP contribution in [-0.2, 0) is 0 Å². The van der Waals surface area contributed by atoms with Crippen molar-refractivity contribution in [2.45, 2.75) is 32.2 Å². The number of benzene rings is 1. The molecule has 1 heterocycles. The second kappa shape index (κ2) is 6.06. The van der Waals surface area contributed by atoms with Crippen molar-refractivity contribution in [3.63, 3.8) is 0 Å². The summed E-state index contributed by atoms with van der Waals surface area (Å²) in [5.74, 6) is -0.144. The van der Waals surface area contributed by atoms with E-state index in [1.54, 1.807) is 24.3 Å². The summed E-state index contributed by atoms with van der Waals surface area (Å²) in [4.78, 5) is 14.8. The summed E-state index contributed by atoms with van der Waals surface area (Å²) in [6.45, 7) is 7.32. The van der Waals surface area contributed by atoms with Gasteiger partial charge in [0.15, 0.2) is 0 Å². The number of hydrogen-bond donors (Lipinski definition) is 1. The molecule has 1 aromatic carbocycles. The first-order valence-electron chi connectivity index (χ1n) is 7.12. The van der Waals surface area contributed by atoms with Crippen LogP contribution in [0.2, 0.25) is 0 Å². The Morgan fingerprint density at radius 3 is 2.65 bits per heavy atom. The number of amides is 1. The van der Waals surface area contributed by atoms with Gasteiger partial charge in [-0.05, 0) is 38.4 Å². The third kappa shape index (κ3) is 3.17. The zero-order valence-electron chi connectivity index (χ0n) is 12.1. The molecule has 0 atom stereocenters. The minimum Gasteiger partial charge on any atom is -0.347 e. The van der Waals surface area contributed by atoms with Crippen LogP contribution in [0.3, 0.4) is 0 Å². The molecular weight excluding hydrogens is 250 g/mol. The zero-order chi connectivity index (χ0) is 14.6. The molecule has 106 valence electrons. The lowest BCUT2D eigenvalue weighted by Crippen LogP contribution is -2.53. The Bertz CT molecular complexity index is 525. The third-order valence-electron chi connectivity index (χ3n) is 4.11. The number of nitrogens with zero attached hydrogens (tertiary/aromatic N) is 2. The van der Waals surface area contributed by atoms with Gasteiger partial charge in [-0.25, -0.2) is 0 Å². The van der Waals surface area contributed by atoms with Crippen molar-refractivity contribution in [3.8, 4) is 6.07 Å². The highest BCUT2D eigenvalue weighted by molar-refractivity contribution is 5.97. The number of likely N-dealkylation sites (tertiary alicyclic amines) is 1. The van der Waals surface area contributed by atoms with Crippen molar-refractivity contribution in [3.05, 3.63) is 35.4 Å². The molecule has 0 radical (unpaired) electrons. The Balaban J connectivity index is 2.07. The normalized spacial score (nSPS) is 18.2. The van der Waals surface area contributed by atoms with E-state index in [-0.39, 0.29) is 11.4 Å². The van der Waals surface area contributed by atoms with Gasteiger partial charge in [-0.2, -0.15) is 5.26 Å². The van der Waals surface area contributed by atoms with Gasteiger partial charge in [-0.15, -0.1) is 0 Å². The van der Waals surface area contributed by atoms with E-state index in [1.807, 2.05) is 0 Å². The lowest BCUT2D eigenvalue weighted by molar-refractivity contribution is 0.0839. The van der Waals surface area contributed by atoms with Gasteiger partial charge in [0.1, 0.15) is 0 Å². The van der Waals surface area contributed by atoms with Crippen LogP contribution in [0.15, 0.2) is 24.3 Å². The van der Waals surface area contributed by atoms with E-state index in [2.05, 4.69) is 30.1 Å². The standard InChI is InChI=1S/C16H21N3O/c1-3-19-10-8-16(2,9-11-19)18-15(20)14-7-5-4-6-13(14)12-17/h4-7H,3,8-11H2,1-2H3,(H,18,20). The van der Waals surface area contributed by atoms with Gasteiger partial charge >= 0.3 is 0 Å². The summed E-state index contributed by atoms with van der Waals surface area (Å²) in [6.07, 6.45) is 1.89. The topological polar surface area (TPSA) is 56.1 Å². The van der Waals surface area contributed by atoms with Crippen molar-refractivity contribution in [1.29, 1.82) is 5.26 Å². The molecule has 0 aromatic heterocycles. The fraction of sp³-hybridized carbons (Fsp3) is 0.500. The SMILES string of the molecule is CCN1CCC(C)(NC(=O)c2ccccc2C#N)CC1. The molecule has 1 fully saturated rings. The molecule has 4 heteroatoms. The van der Waals surface area contributed by atoms with Crippen LogP contribution in [0.4, 0.5) is 0 Å². The second-order valence-corrected chi connectivity index (χ2v) is 5.61. The van der Waals surface area contributed by atoms with Gasteiger partial charge in [0, 0.05) is 18.6 Å². The summed E-state index contributed by atoms with van der Waals surface area (Å²) in [6, 6.07) is 9.02. The van der Waals surface area contributed by atoms with Crippen LogP contribution in [0, 0.1) is 11.3 Å². The van der Waals surface area contributed by atoms with Crippen molar-refractivity contribution in [1.82, 2.24) is 10.2 Å². The first kappa shape index (κ1) is 14.5. The molecule has 1 amide bonds. The average molecular weight is 271 g/mol.